The first-order chi connectivity index (χ1) is 6.36. The summed E-state index contributed by atoms with van der Waals surface area (Å²) in [4.78, 5) is 0. The fourth-order valence-electron chi connectivity index (χ4n) is 2.19. The van der Waals surface area contributed by atoms with Crippen LogP contribution in [0.1, 0.15) is 42.8 Å². The lowest BCUT2D eigenvalue weighted by molar-refractivity contribution is 0.832. The Morgan fingerprint density at radius 1 is 0.923 bits per heavy atom. The zero-order valence-electron chi connectivity index (χ0n) is 8.43. The number of nitrogens with zero attached hydrogens (tertiary/aromatic N) is 2. The molecule has 1 aliphatic rings. The Kier molecular flexibility index (Phi) is 2.30. The molecule has 0 bridgehead atoms. The lowest BCUT2D eigenvalue weighted by atomic mass is 10.1. The van der Waals surface area contributed by atoms with Gasteiger partial charge >= 0.3 is 0 Å². The van der Waals surface area contributed by atoms with Crippen LogP contribution in [0.15, 0.2) is 0 Å². The first kappa shape index (κ1) is 8.67. The maximum atomic E-state index is 4.29. The Hall–Kier alpha value is -0.920. The Morgan fingerprint density at radius 3 is 1.77 bits per heavy atom. The van der Waals surface area contributed by atoms with E-state index in [0.717, 1.165) is 12.8 Å². The van der Waals surface area contributed by atoms with Crippen molar-refractivity contribution in [2.45, 2.75) is 46.0 Å². The van der Waals surface area contributed by atoms with Crippen LogP contribution >= 0.6 is 0 Å². The van der Waals surface area contributed by atoms with E-state index in [1.165, 1.54) is 41.8 Å². The summed E-state index contributed by atoms with van der Waals surface area (Å²) in [6.07, 6.45) is 5.80. The van der Waals surface area contributed by atoms with Crippen molar-refractivity contribution < 1.29 is 0 Å². The van der Waals surface area contributed by atoms with Crippen LogP contribution in [0.5, 0.6) is 0 Å². The molecule has 0 aromatic carbocycles. The molecule has 0 unspecified atom stereocenters. The number of hydrogen-bond acceptors (Lipinski definition) is 2. The van der Waals surface area contributed by atoms with E-state index < -0.39 is 0 Å². The van der Waals surface area contributed by atoms with Gasteiger partial charge in [0.2, 0.25) is 0 Å². The summed E-state index contributed by atoms with van der Waals surface area (Å²) in [5.41, 5.74) is 5.47. The molecule has 0 radical (unpaired) electrons. The highest BCUT2D eigenvalue weighted by atomic mass is 15.1. The van der Waals surface area contributed by atoms with Crippen molar-refractivity contribution in [2.24, 2.45) is 0 Å². The summed E-state index contributed by atoms with van der Waals surface area (Å²) in [5, 5.41) is 8.58. The highest BCUT2D eigenvalue weighted by Gasteiger charge is 2.18. The fourth-order valence-corrected chi connectivity index (χ4v) is 2.19. The van der Waals surface area contributed by atoms with Gasteiger partial charge in [0.05, 0.1) is 11.4 Å². The predicted octanol–water partition coefficient (Wildman–Crippen LogP) is 2.09. The van der Waals surface area contributed by atoms with Gasteiger partial charge < -0.3 is 0 Å². The lowest BCUT2D eigenvalue weighted by Gasteiger charge is -2.07. The molecule has 1 aromatic heterocycles. The van der Waals surface area contributed by atoms with Gasteiger partial charge in [-0.05, 0) is 43.2 Å². The summed E-state index contributed by atoms with van der Waals surface area (Å²) in [6.45, 7) is 4.32. The first-order valence-corrected chi connectivity index (χ1v) is 5.23. The van der Waals surface area contributed by atoms with Gasteiger partial charge in [0.15, 0.2) is 0 Å². The monoisotopic (exact) mass is 176 g/mol. The Labute approximate surface area is 79.4 Å². The highest BCUT2D eigenvalue weighted by Crippen LogP contribution is 2.26. The minimum absolute atomic E-state index is 1.03. The molecule has 1 aliphatic carbocycles. The van der Waals surface area contributed by atoms with Crippen molar-refractivity contribution in [3.8, 4) is 0 Å². The summed E-state index contributed by atoms with van der Waals surface area (Å²) in [5.74, 6) is 0. The van der Waals surface area contributed by atoms with Gasteiger partial charge in [0, 0.05) is 0 Å². The first-order valence-electron chi connectivity index (χ1n) is 5.23. The molecule has 2 rings (SSSR count). The Morgan fingerprint density at radius 2 is 1.38 bits per heavy atom. The minimum Gasteiger partial charge on any atom is -0.155 e. The minimum atomic E-state index is 1.03. The molecule has 0 amide bonds. The van der Waals surface area contributed by atoms with Crippen LogP contribution < -0.4 is 0 Å². The van der Waals surface area contributed by atoms with Crippen LogP contribution in [0.3, 0.4) is 0 Å². The van der Waals surface area contributed by atoms with Crippen LogP contribution in [-0.2, 0) is 25.7 Å². The molecule has 0 fully saturated rings. The highest BCUT2D eigenvalue weighted by molar-refractivity contribution is 5.36. The summed E-state index contributed by atoms with van der Waals surface area (Å²) < 4.78 is 0. The maximum Gasteiger partial charge on any atom is 0.0663 e. The number of hydrogen-bond donors (Lipinski definition) is 0. The van der Waals surface area contributed by atoms with Gasteiger partial charge in [0.25, 0.3) is 0 Å². The third kappa shape index (κ3) is 1.34. The smallest absolute Gasteiger partial charge is 0.0663 e. The molecular formula is C11H16N2. The topological polar surface area (TPSA) is 25.8 Å². The normalized spacial score (nSPS) is 14.6. The van der Waals surface area contributed by atoms with E-state index in [1.807, 2.05) is 0 Å². The van der Waals surface area contributed by atoms with Crippen molar-refractivity contribution in [1.82, 2.24) is 10.2 Å². The van der Waals surface area contributed by atoms with Crippen molar-refractivity contribution >= 4 is 0 Å². The molecule has 0 N–H and O–H groups in total. The average molecular weight is 176 g/mol. The molecule has 1 aromatic rings. The molecule has 1 heterocycles. The lowest BCUT2D eigenvalue weighted by Crippen LogP contribution is -2.04. The van der Waals surface area contributed by atoms with Crippen LogP contribution in [0.25, 0.3) is 0 Å². The van der Waals surface area contributed by atoms with E-state index in [2.05, 4.69) is 24.0 Å². The second-order valence-corrected chi connectivity index (χ2v) is 3.61. The van der Waals surface area contributed by atoms with Gasteiger partial charge in [0.1, 0.15) is 0 Å². The number of aromatic nitrogens is 2. The molecule has 0 atom stereocenters. The van der Waals surface area contributed by atoms with Gasteiger partial charge in [-0.15, -0.1) is 0 Å². The molecular weight excluding hydrogens is 160 g/mol. The number of rotatable bonds is 2. The van der Waals surface area contributed by atoms with E-state index >= 15 is 0 Å². The molecule has 0 aliphatic heterocycles. The Balaban J connectivity index is 2.52. The van der Waals surface area contributed by atoms with Crippen molar-refractivity contribution in [3.05, 3.63) is 22.5 Å². The Bertz CT molecular complexity index is 287. The quantitative estimate of drug-likeness (QED) is 0.689. The second kappa shape index (κ2) is 3.44. The number of fused-ring (bicyclic) bond motifs is 1. The average Bonchev–Trinajstić information content (AvgIpc) is 2.64. The molecule has 0 saturated carbocycles. The molecule has 0 saturated heterocycles. The second-order valence-electron chi connectivity index (χ2n) is 3.61. The van der Waals surface area contributed by atoms with E-state index in [0.29, 0.717) is 0 Å². The van der Waals surface area contributed by atoms with E-state index in [-0.39, 0.29) is 0 Å². The third-order valence-electron chi connectivity index (χ3n) is 2.88. The SMILES string of the molecule is CCc1nnc(CC)c2c1CCC2. The summed E-state index contributed by atoms with van der Waals surface area (Å²) in [7, 11) is 0. The van der Waals surface area contributed by atoms with Gasteiger partial charge in [-0.1, -0.05) is 13.8 Å². The molecule has 70 valence electrons. The summed E-state index contributed by atoms with van der Waals surface area (Å²) >= 11 is 0. The largest absolute Gasteiger partial charge is 0.155 e. The van der Waals surface area contributed by atoms with Gasteiger partial charge in [-0.3, -0.25) is 0 Å². The molecule has 13 heavy (non-hydrogen) atoms. The van der Waals surface area contributed by atoms with E-state index in [4.69, 9.17) is 0 Å². The van der Waals surface area contributed by atoms with Gasteiger partial charge in [-0.25, -0.2) is 0 Å². The van der Waals surface area contributed by atoms with Crippen LogP contribution in [0, 0.1) is 0 Å². The van der Waals surface area contributed by atoms with Crippen molar-refractivity contribution in [3.63, 3.8) is 0 Å². The van der Waals surface area contributed by atoms with E-state index in [1.54, 1.807) is 0 Å². The van der Waals surface area contributed by atoms with Crippen LogP contribution in [-0.4, -0.2) is 10.2 Å². The zero-order chi connectivity index (χ0) is 9.26. The van der Waals surface area contributed by atoms with Gasteiger partial charge in [-0.2, -0.15) is 10.2 Å². The van der Waals surface area contributed by atoms with Crippen LogP contribution in [0.4, 0.5) is 0 Å². The molecule has 0 spiro atoms. The van der Waals surface area contributed by atoms with E-state index in [9.17, 15) is 0 Å². The molecule has 2 heteroatoms. The fraction of sp³-hybridized carbons (Fsp3) is 0.636. The summed E-state index contributed by atoms with van der Waals surface area (Å²) in [6, 6.07) is 0. The molecule has 2 nitrogen and oxygen atoms in total. The van der Waals surface area contributed by atoms with Crippen LogP contribution in [0.2, 0.25) is 0 Å². The maximum absolute atomic E-state index is 4.29. The van der Waals surface area contributed by atoms with Crippen molar-refractivity contribution in [2.75, 3.05) is 0 Å². The zero-order valence-corrected chi connectivity index (χ0v) is 8.43. The standard InChI is InChI=1S/C11H16N2/c1-3-10-8-6-5-7-9(8)11(4-2)13-12-10/h3-7H2,1-2H3. The third-order valence-corrected chi connectivity index (χ3v) is 2.88. The number of aryl methyl sites for hydroxylation is 2. The van der Waals surface area contributed by atoms with Crippen molar-refractivity contribution in [1.29, 1.82) is 0 Å². The predicted molar refractivity (Wildman–Crippen MR) is 52.8 cm³/mol.